The maximum Gasteiger partial charge on any atom is 0.230 e. The topological polar surface area (TPSA) is 78.3 Å². The van der Waals surface area contributed by atoms with Crippen LogP contribution in [-0.2, 0) is 11.8 Å². The van der Waals surface area contributed by atoms with Crippen molar-refractivity contribution in [1.82, 2.24) is 20.1 Å². The second-order valence-electron chi connectivity index (χ2n) is 5.18. The molecule has 2 heterocycles. The van der Waals surface area contributed by atoms with Gasteiger partial charge in [-0.25, -0.2) is 0 Å². The molecule has 1 N–H and O–H groups in total. The van der Waals surface area contributed by atoms with Crippen molar-refractivity contribution in [2.45, 2.75) is 18.2 Å². The summed E-state index contributed by atoms with van der Waals surface area (Å²) in [5, 5.41) is 11.6. The van der Waals surface area contributed by atoms with E-state index in [0.29, 0.717) is 18.9 Å². The van der Waals surface area contributed by atoms with Crippen LogP contribution in [0.4, 0.5) is 0 Å². The lowest BCUT2D eigenvalue weighted by molar-refractivity contribution is -0.119. The zero-order valence-corrected chi connectivity index (χ0v) is 13.8. The molecule has 0 spiro atoms. The number of nitrogens with one attached hydrogen (secondary N) is 1. The summed E-state index contributed by atoms with van der Waals surface area (Å²) in [5.74, 6) is 2.48. The highest BCUT2D eigenvalue weighted by Gasteiger charge is 2.21. The lowest BCUT2D eigenvalue weighted by atomic mass is 10.2. The Morgan fingerprint density at radius 1 is 1.39 bits per heavy atom. The van der Waals surface area contributed by atoms with E-state index in [1.54, 1.807) is 0 Å². The lowest BCUT2D eigenvalue weighted by Gasteiger charge is -2.26. The van der Waals surface area contributed by atoms with Crippen LogP contribution in [0.5, 0.6) is 11.5 Å². The molecule has 0 bridgehead atoms. The van der Waals surface area contributed by atoms with E-state index in [1.807, 2.05) is 42.8 Å². The molecule has 0 saturated heterocycles. The van der Waals surface area contributed by atoms with Crippen LogP contribution in [0.2, 0.25) is 0 Å². The van der Waals surface area contributed by atoms with Crippen LogP contribution in [0.25, 0.3) is 0 Å². The molecule has 1 aliphatic rings. The van der Waals surface area contributed by atoms with Gasteiger partial charge >= 0.3 is 0 Å². The minimum Gasteiger partial charge on any atom is -0.486 e. The van der Waals surface area contributed by atoms with E-state index in [-0.39, 0.29) is 17.8 Å². The van der Waals surface area contributed by atoms with Gasteiger partial charge in [0.05, 0.1) is 12.3 Å². The largest absolute Gasteiger partial charge is 0.486 e. The minimum atomic E-state index is -0.184. The third-order valence-corrected chi connectivity index (χ3v) is 4.50. The van der Waals surface area contributed by atoms with Crippen molar-refractivity contribution in [1.29, 1.82) is 0 Å². The number of carbonyl (C=O) groups is 1. The molecule has 7 nitrogen and oxygen atoms in total. The average Bonchev–Trinajstić information content (AvgIpc) is 2.89. The summed E-state index contributed by atoms with van der Waals surface area (Å²) in [4.78, 5) is 11.9. The van der Waals surface area contributed by atoms with Gasteiger partial charge < -0.3 is 19.4 Å². The molecule has 1 aromatic heterocycles. The molecular formula is C15H18N4O3S. The number of benzene rings is 1. The van der Waals surface area contributed by atoms with Gasteiger partial charge in [-0.1, -0.05) is 23.9 Å². The number of carbonyl (C=O) groups excluding carboxylic acids is 1. The summed E-state index contributed by atoms with van der Waals surface area (Å²) in [7, 11) is 1.88. The van der Waals surface area contributed by atoms with Gasteiger partial charge in [0.2, 0.25) is 5.91 Å². The van der Waals surface area contributed by atoms with Crippen LogP contribution >= 0.6 is 11.8 Å². The molecule has 2 aromatic rings. The first-order valence-corrected chi connectivity index (χ1v) is 8.26. The van der Waals surface area contributed by atoms with Gasteiger partial charge in [0, 0.05) is 7.05 Å². The standard InChI is InChI=1S/C15H18N4O3S/c1-10-17-18-15(19(10)2)23-9-14(20)16-7-11-8-21-12-5-3-4-6-13(12)22-11/h3-6,11H,7-9H2,1-2H3,(H,16,20)/t11-/m1/s1. The number of nitrogens with zero attached hydrogens (tertiary/aromatic N) is 3. The van der Waals surface area contributed by atoms with Crippen molar-refractivity contribution >= 4 is 17.7 Å². The molecule has 23 heavy (non-hydrogen) atoms. The third kappa shape index (κ3) is 3.76. The van der Waals surface area contributed by atoms with Crippen molar-refractivity contribution in [2.24, 2.45) is 7.05 Å². The zero-order chi connectivity index (χ0) is 16.2. The Bertz CT molecular complexity index is 704. The number of hydrogen-bond acceptors (Lipinski definition) is 6. The molecule has 1 amide bonds. The van der Waals surface area contributed by atoms with Gasteiger partial charge in [-0.3, -0.25) is 4.79 Å². The summed E-state index contributed by atoms with van der Waals surface area (Å²) >= 11 is 1.36. The van der Waals surface area contributed by atoms with E-state index in [9.17, 15) is 4.79 Å². The van der Waals surface area contributed by atoms with Crippen LogP contribution in [0.3, 0.4) is 0 Å². The van der Waals surface area contributed by atoms with E-state index in [4.69, 9.17) is 9.47 Å². The average molecular weight is 334 g/mol. The lowest BCUT2D eigenvalue weighted by Crippen LogP contribution is -2.41. The van der Waals surface area contributed by atoms with Crippen molar-refractivity contribution in [3.63, 3.8) is 0 Å². The molecule has 0 radical (unpaired) electrons. The molecule has 0 fully saturated rings. The Morgan fingerprint density at radius 2 is 2.17 bits per heavy atom. The SMILES string of the molecule is Cc1nnc(SCC(=O)NC[C@@H]2COc3ccccc3O2)n1C. The van der Waals surface area contributed by atoms with E-state index < -0.39 is 0 Å². The van der Waals surface area contributed by atoms with Crippen molar-refractivity contribution in [3.05, 3.63) is 30.1 Å². The summed E-state index contributed by atoms with van der Waals surface area (Å²) in [6.45, 7) is 2.70. The number of fused-ring (bicyclic) bond motifs is 1. The second-order valence-corrected chi connectivity index (χ2v) is 6.12. The fourth-order valence-corrected chi connectivity index (χ4v) is 2.87. The maximum absolute atomic E-state index is 11.9. The number of ether oxygens (including phenoxy) is 2. The molecule has 0 saturated carbocycles. The predicted octanol–water partition coefficient (Wildman–Crippen LogP) is 1.17. The number of aryl methyl sites for hydroxylation is 1. The summed E-state index contributed by atoms with van der Waals surface area (Å²) in [6, 6.07) is 7.51. The third-order valence-electron chi connectivity index (χ3n) is 3.48. The summed E-state index contributed by atoms with van der Waals surface area (Å²) in [5.41, 5.74) is 0. The van der Waals surface area contributed by atoms with Gasteiger partial charge in [0.15, 0.2) is 16.7 Å². The quantitative estimate of drug-likeness (QED) is 0.827. The molecule has 3 rings (SSSR count). The first kappa shape index (κ1) is 15.7. The number of para-hydroxylation sites is 2. The Kier molecular flexibility index (Phi) is 4.71. The van der Waals surface area contributed by atoms with Gasteiger partial charge in [-0.2, -0.15) is 0 Å². The van der Waals surface area contributed by atoms with Crippen LogP contribution < -0.4 is 14.8 Å². The van der Waals surface area contributed by atoms with Crippen LogP contribution in [0.15, 0.2) is 29.4 Å². The highest BCUT2D eigenvalue weighted by molar-refractivity contribution is 7.99. The van der Waals surface area contributed by atoms with Crippen molar-refractivity contribution in [3.8, 4) is 11.5 Å². The fourth-order valence-electron chi connectivity index (χ4n) is 2.09. The van der Waals surface area contributed by atoms with E-state index in [0.717, 1.165) is 16.7 Å². The first-order valence-electron chi connectivity index (χ1n) is 7.27. The molecule has 1 aliphatic heterocycles. The van der Waals surface area contributed by atoms with E-state index in [1.165, 1.54) is 11.8 Å². The fraction of sp³-hybridized carbons (Fsp3) is 0.400. The smallest absolute Gasteiger partial charge is 0.230 e. The highest BCUT2D eigenvalue weighted by atomic mass is 32.2. The normalized spacial score (nSPS) is 16.2. The molecule has 1 atom stereocenters. The molecule has 0 aliphatic carbocycles. The van der Waals surface area contributed by atoms with Gasteiger partial charge in [-0.05, 0) is 19.1 Å². The molecule has 8 heteroatoms. The molecule has 122 valence electrons. The highest BCUT2D eigenvalue weighted by Crippen LogP contribution is 2.30. The van der Waals surface area contributed by atoms with Crippen LogP contribution in [-0.4, -0.2) is 45.7 Å². The second kappa shape index (κ2) is 6.91. The van der Waals surface area contributed by atoms with Crippen molar-refractivity contribution in [2.75, 3.05) is 18.9 Å². The van der Waals surface area contributed by atoms with Gasteiger partial charge in [0.25, 0.3) is 0 Å². The Morgan fingerprint density at radius 3 is 2.91 bits per heavy atom. The first-order chi connectivity index (χ1) is 11.1. The number of aromatic nitrogens is 3. The Balaban J connectivity index is 1.44. The van der Waals surface area contributed by atoms with Gasteiger partial charge in [-0.15, -0.1) is 10.2 Å². The van der Waals surface area contributed by atoms with Crippen molar-refractivity contribution < 1.29 is 14.3 Å². The number of hydrogen-bond donors (Lipinski definition) is 1. The van der Waals surface area contributed by atoms with Crippen LogP contribution in [0.1, 0.15) is 5.82 Å². The molecule has 1 aromatic carbocycles. The van der Waals surface area contributed by atoms with Crippen LogP contribution in [0, 0.1) is 6.92 Å². The minimum absolute atomic E-state index is 0.0712. The maximum atomic E-state index is 11.9. The zero-order valence-electron chi connectivity index (χ0n) is 13.0. The number of thioether (sulfide) groups is 1. The van der Waals surface area contributed by atoms with E-state index in [2.05, 4.69) is 15.5 Å². The molecular weight excluding hydrogens is 316 g/mol. The predicted molar refractivity (Wildman–Crippen MR) is 85.8 cm³/mol. The Hall–Kier alpha value is -2.22. The van der Waals surface area contributed by atoms with Gasteiger partial charge in [0.1, 0.15) is 18.5 Å². The summed E-state index contributed by atoms with van der Waals surface area (Å²) < 4.78 is 13.3. The number of amides is 1. The summed E-state index contributed by atoms with van der Waals surface area (Å²) in [6.07, 6.45) is -0.184. The Labute approximate surface area is 138 Å². The monoisotopic (exact) mass is 334 g/mol. The van der Waals surface area contributed by atoms with E-state index >= 15 is 0 Å². The number of rotatable bonds is 5. The molecule has 0 unspecified atom stereocenters.